The molecule has 3 N–H and O–H groups in total. The quantitative estimate of drug-likeness (QED) is 0.602. The van der Waals surface area contributed by atoms with Crippen LogP contribution in [0.5, 0.6) is 0 Å². The Hall–Kier alpha value is -1.97. The number of benzene rings is 1. The SMILES string of the molecule is CCC(=O)/C(N)=C/C(=N)c1cccc(F)c1. The highest BCUT2D eigenvalue weighted by molar-refractivity contribution is 6.10. The minimum absolute atomic E-state index is 0.0248. The van der Waals surface area contributed by atoms with E-state index >= 15 is 0 Å². The van der Waals surface area contributed by atoms with E-state index in [9.17, 15) is 9.18 Å². The number of rotatable bonds is 4. The van der Waals surface area contributed by atoms with Gasteiger partial charge in [-0.05, 0) is 18.2 Å². The molecule has 0 amide bonds. The molecule has 0 heterocycles. The molecule has 0 fully saturated rings. The fourth-order valence-corrected chi connectivity index (χ4v) is 1.18. The maximum Gasteiger partial charge on any atom is 0.178 e. The van der Waals surface area contributed by atoms with Gasteiger partial charge in [-0.1, -0.05) is 19.1 Å². The molecule has 1 aromatic carbocycles. The Balaban J connectivity index is 2.92. The van der Waals surface area contributed by atoms with Crippen molar-refractivity contribution in [1.82, 2.24) is 0 Å². The average molecular weight is 220 g/mol. The van der Waals surface area contributed by atoms with Gasteiger partial charge in [0.15, 0.2) is 5.78 Å². The van der Waals surface area contributed by atoms with Crippen LogP contribution < -0.4 is 5.73 Å². The van der Waals surface area contributed by atoms with Crippen LogP contribution in [-0.2, 0) is 4.79 Å². The van der Waals surface area contributed by atoms with E-state index in [0.717, 1.165) is 0 Å². The Morgan fingerprint density at radius 1 is 1.56 bits per heavy atom. The molecule has 0 radical (unpaired) electrons. The summed E-state index contributed by atoms with van der Waals surface area (Å²) in [5, 5.41) is 7.65. The largest absolute Gasteiger partial charge is 0.396 e. The van der Waals surface area contributed by atoms with Gasteiger partial charge in [-0.25, -0.2) is 4.39 Å². The lowest BCUT2D eigenvalue weighted by molar-refractivity contribution is -0.115. The van der Waals surface area contributed by atoms with Gasteiger partial charge in [0.2, 0.25) is 0 Å². The molecule has 84 valence electrons. The van der Waals surface area contributed by atoms with E-state index in [1.54, 1.807) is 13.0 Å². The summed E-state index contributed by atoms with van der Waals surface area (Å²) >= 11 is 0. The molecule has 0 saturated heterocycles. The number of carbonyl (C=O) groups excluding carboxylic acids is 1. The molecule has 1 rings (SSSR count). The fraction of sp³-hybridized carbons (Fsp3) is 0.167. The molecule has 0 bridgehead atoms. The zero-order chi connectivity index (χ0) is 12.1. The second-order valence-electron chi connectivity index (χ2n) is 3.30. The Morgan fingerprint density at radius 2 is 2.25 bits per heavy atom. The first kappa shape index (κ1) is 12.1. The van der Waals surface area contributed by atoms with E-state index in [2.05, 4.69) is 0 Å². The predicted octanol–water partition coefficient (Wildman–Crippen LogP) is 2.02. The van der Waals surface area contributed by atoms with Crippen LogP contribution in [0, 0.1) is 11.2 Å². The van der Waals surface area contributed by atoms with Gasteiger partial charge in [0, 0.05) is 12.0 Å². The van der Waals surface area contributed by atoms with Gasteiger partial charge in [-0.2, -0.15) is 0 Å². The maximum absolute atomic E-state index is 12.9. The summed E-state index contributed by atoms with van der Waals surface area (Å²) < 4.78 is 12.9. The molecular formula is C12H13FN2O. The second kappa shape index (κ2) is 5.21. The predicted molar refractivity (Wildman–Crippen MR) is 60.8 cm³/mol. The molecule has 0 aromatic heterocycles. The lowest BCUT2D eigenvalue weighted by Gasteiger charge is -2.01. The van der Waals surface area contributed by atoms with Crippen LogP contribution in [-0.4, -0.2) is 11.5 Å². The van der Waals surface area contributed by atoms with Crippen molar-refractivity contribution in [3.63, 3.8) is 0 Å². The van der Waals surface area contributed by atoms with Gasteiger partial charge in [0.05, 0.1) is 11.4 Å². The molecular weight excluding hydrogens is 207 g/mol. The topological polar surface area (TPSA) is 66.9 Å². The molecule has 0 unspecified atom stereocenters. The summed E-state index contributed by atoms with van der Waals surface area (Å²) in [5.74, 6) is -0.641. The maximum atomic E-state index is 12.9. The van der Waals surface area contributed by atoms with E-state index in [-0.39, 0.29) is 17.2 Å². The van der Waals surface area contributed by atoms with Crippen LogP contribution in [0.4, 0.5) is 4.39 Å². The number of nitrogens with one attached hydrogen (secondary N) is 1. The molecule has 0 spiro atoms. The lowest BCUT2D eigenvalue weighted by Crippen LogP contribution is -2.12. The van der Waals surface area contributed by atoms with Crippen molar-refractivity contribution in [2.45, 2.75) is 13.3 Å². The summed E-state index contributed by atoms with van der Waals surface area (Å²) in [4.78, 5) is 11.2. The first-order valence-electron chi connectivity index (χ1n) is 4.89. The molecule has 16 heavy (non-hydrogen) atoms. The number of hydrogen-bond acceptors (Lipinski definition) is 3. The van der Waals surface area contributed by atoms with Crippen molar-refractivity contribution in [1.29, 1.82) is 5.41 Å². The second-order valence-corrected chi connectivity index (χ2v) is 3.30. The normalized spacial score (nSPS) is 11.2. The van der Waals surface area contributed by atoms with Crippen LogP contribution in [0.15, 0.2) is 36.0 Å². The molecule has 0 atom stereocenters. The van der Waals surface area contributed by atoms with E-state index in [4.69, 9.17) is 11.1 Å². The zero-order valence-electron chi connectivity index (χ0n) is 8.96. The third-order valence-corrected chi connectivity index (χ3v) is 2.08. The van der Waals surface area contributed by atoms with Crippen LogP contribution in [0.2, 0.25) is 0 Å². The summed E-state index contributed by atoms with van der Waals surface area (Å²) in [6, 6.07) is 5.61. The van der Waals surface area contributed by atoms with Crippen molar-refractivity contribution in [2.75, 3.05) is 0 Å². The highest BCUT2D eigenvalue weighted by Gasteiger charge is 2.05. The number of carbonyl (C=O) groups is 1. The number of hydrogen-bond donors (Lipinski definition) is 2. The fourth-order valence-electron chi connectivity index (χ4n) is 1.18. The smallest absolute Gasteiger partial charge is 0.178 e. The molecule has 4 heteroatoms. The monoisotopic (exact) mass is 220 g/mol. The lowest BCUT2D eigenvalue weighted by atomic mass is 10.1. The molecule has 0 aliphatic heterocycles. The molecule has 0 aliphatic rings. The van der Waals surface area contributed by atoms with Gasteiger partial charge in [0.25, 0.3) is 0 Å². The number of halogens is 1. The first-order valence-corrected chi connectivity index (χ1v) is 4.89. The minimum atomic E-state index is -0.420. The summed E-state index contributed by atoms with van der Waals surface area (Å²) in [7, 11) is 0. The summed E-state index contributed by atoms with van der Waals surface area (Å²) in [5.41, 5.74) is 5.93. The highest BCUT2D eigenvalue weighted by Crippen LogP contribution is 2.06. The molecule has 0 saturated carbocycles. The molecule has 3 nitrogen and oxygen atoms in total. The van der Waals surface area contributed by atoms with E-state index in [0.29, 0.717) is 12.0 Å². The Bertz CT molecular complexity index is 452. The summed E-state index contributed by atoms with van der Waals surface area (Å²) in [6.45, 7) is 1.69. The van der Waals surface area contributed by atoms with Crippen LogP contribution in [0.1, 0.15) is 18.9 Å². The van der Waals surface area contributed by atoms with Crippen molar-refractivity contribution in [2.24, 2.45) is 5.73 Å². The summed E-state index contributed by atoms with van der Waals surface area (Å²) in [6.07, 6.45) is 1.54. The molecule has 0 aliphatic carbocycles. The third kappa shape index (κ3) is 3.02. The number of nitrogens with two attached hydrogens (primary N) is 1. The standard InChI is InChI=1S/C12H13FN2O/c1-2-12(16)11(15)7-10(14)8-4-3-5-9(13)6-8/h3-7,14H,2,15H2,1H3/b11-7-,14-10?. The Labute approximate surface area is 93.3 Å². The van der Waals surface area contributed by atoms with Crippen LogP contribution in [0.3, 0.4) is 0 Å². The van der Waals surface area contributed by atoms with E-state index in [1.807, 2.05) is 0 Å². The van der Waals surface area contributed by atoms with E-state index in [1.165, 1.54) is 24.3 Å². The molecule has 1 aromatic rings. The van der Waals surface area contributed by atoms with Crippen LogP contribution >= 0.6 is 0 Å². The van der Waals surface area contributed by atoms with Gasteiger partial charge in [-0.15, -0.1) is 0 Å². The number of allylic oxidation sites excluding steroid dienone is 2. The highest BCUT2D eigenvalue weighted by atomic mass is 19.1. The Kier molecular flexibility index (Phi) is 3.94. The van der Waals surface area contributed by atoms with Crippen molar-refractivity contribution in [3.05, 3.63) is 47.4 Å². The van der Waals surface area contributed by atoms with E-state index < -0.39 is 5.82 Å². The van der Waals surface area contributed by atoms with Gasteiger partial charge in [-0.3, -0.25) is 4.79 Å². The van der Waals surface area contributed by atoms with Crippen molar-refractivity contribution < 1.29 is 9.18 Å². The number of ketones is 1. The average Bonchev–Trinajstić information content (AvgIpc) is 2.27. The van der Waals surface area contributed by atoms with Gasteiger partial charge < -0.3 is 11.1 Å². The van der Waals surface area contributed by atoms with Crippen molar-refractivity contribution >= 4 is 11.5 Å². The minimum Gasteiger partial charge on any atom is -0.396 e. The van der Waals surface area contributed by atoms with Gasteiger partial charge in [0.1, 0.15) is 5.82 Å². The van der Waals surface area contributed by atoms with Gasteiger partial charge >= 0.3 is 0 Å². The Morgan fingerprint density at radius 3 is 2.81 bits per heavy atom. The third-order valence-electron chi connectivity index (χ3n) is 2.08. The number of Topliss-reactive ketones (excluding diaryl/α,β-unsaturated/α-hetero) is 1. The first-order chi connectivity index (χ1) is 7.54. The zero-order valence-corrected chi connectivity index (χ0v) is 8.96. The van der Waals surface area contributed by atoms with Crippen LogP contribution in [0.25, 0.3) is 0 Å². The van der Waals surface area contributed by atoms with Crippen molar-refractivity contribution in [3.8, 4) is 0 Å².